The van der Waals surface area contributed by atoms with Crippen LogP contribution in [0.15, 0.2) is 109 Å². The maximum absolute atomic E-state index is 11.5. The number of benzene rings is 4. The van der Waals surface area contributed by atoms with E-state index in [4.69, 9.17) is 4.12 Å². The van der Waals surface area contributed by atoms with E-state index in [-0.39, 0.29) is 0 Å². The van der Waals surface area contributed by atoms with Crippen LogP contribution in [0.2, 0.25) is 0 Å². The lowest BCUT2D eigenvalue weighted by molar-refractivity contribution is 0.439. The Labute approximate surface area is 181 Å². The molecule has 0 amide bonds. The highest BCUT2D eigenvalue weighted by Crippen LogP contribution is 2.12. The molecule has 0 spiro atoms. The standard InChI is InChI=1S/C26H25O2Si2/c1-21-13-12-20-26(22(21)2)29(27)28-30(23-14-6-3-7-15-23,24-16-8-4-9-17-24)25-18-10-5-11-19-25/h3-20,27H,1-2H3. The Morgan fingerprint density at radius 2 is 1.03 bits per heavy atom. The highest BCUT2D eigenvalue weighted by Gasteiger charge is 2.44. The van der Waals surface area contributed by atoms with Crippen molar-refractivity contribution in [1.82, 2.24) is 0 Å². The van der Waals surface area contributed by atoms with Crippen LogP contribution in [0.1, 0.15) is 11.1 Å². The van der Waals surface area contributed by atoms with Crippen molar-refractivity contribution in [2.75, 3.05) is 0 Å². The zero-order chi connectivity index (χ0) is 21.0. The lowest BCUT2D eigenvalue weighted by Gasteiger charge is -2.35. The van der Waals surface area contributed by atoms with Gasteiger partial charge in [-0.25, -0.2) is 0 Å². The molecule has 2 nitrogen and oxygen atoms in total. The molecule has 4 heteroatoms. The number of rotatable bonds is 6. The molecule has 1 radical (unpaired) electrons. The van der Waals surface area contributed by atoms with E-state index >= 15 is 0 Å². The van der Waals surface area contributed by atoms with Gasteiger partial charge in [-0.3, -0.25) is 0 Å². The summed E-state index contributed by atoms with van der Waals surface area (Å²) in [5, 5.41) is 4.30. The predicted molar refractivity (Wildman–Crippen MR) is 129 cm³/mol. The van der Waals surface area contributed by atoms with Gasteiger partial charge < -0.3 is 8.91 Å². The zero-order valence-electron chi connectivity index (χ0n) is 17.2. The summed E-state index contributed by atoms with van der Waals surface area (Å²) in [6.45, 7) is 4.13. The zero-order valence-corrected chi connectivity index (χ0v) is 19.2. The molecule has 30 heavy (non-hydrogen) atoms. The number of hydrogen-bond donors (Lipinski definition) is 1. The van der Waals surface area contributed by atoms with Crippen molar-refractivity contribution in [3.8, 4) is 0 Å². The van der Waals surface area contributed by atoms with Gasteiger partial charge >= 0.3 is 9.28 Å². The summed E-state index contributed by atoms with van der Waals surface area (Å²) in [5.74, 6) is 0. The molecule has 0 aromatic heterocycles. The van der Waals surface area contributed by atoms with Gasteiger partial charge in [0.15, 0.2) is 0 Å². The minimum absolute atomic E-state index is 0.916. The molecule has 0 atom stereocenters. The fourth-order valence-electron chi connectivity index (χ4n) is 3.88. The Balaban J connectivity index is 1.94. The minimum atomic E-state index is -2.91. The van der Waals surface area contributed by atoms with E-state index in [1.807, 2.05) is 66.7 Å². The van der Waals surface area contributed by atoms with E-state index in [0.29, 0.717) is 0 Å². The average Bonchev–Trinajstić information content (AvgIpc) is 2.81. The Morgan fingerprint density at radius 1 is 0.600 bits per heavy atom. The third-order valence-corrected chi connectivity index (χ3v) is 12.1. The molecule has 0 aliphatic heterocycles. The molecule has 0 heterocycles. The van der Waals surface area contributed by atoms with Crippen LogP contribution < -0.4 is 20.7 Å². The van der Waals surface area contributed by atoms with Gasteiger partial charge in [0.1, 0.15) is 0 Å². The van der Waals surface area contributed by atoms with Gasteiger partial charge in [0.05, 0.1) is 0 Å². The van der Waals surface area contributed by atoms with E-state index in [0.717, 1.165) is 26.3 Å². The summed E-state index contributed by atoms with van der Waals surface area (Å²) >= 11 is 0. The molecule has 0 aliphatic rings. The van der Waals surface area contributed by atoms with E-state index in [9.17, 15) is 4.80 Å². The molecule has 0 fully saturated rings. The van der Waals surface area contributed by atoms with E-state index in [1.54, 1.807) is 0 Å². The maximum Gasteiger partial charge on any atom is 0.410 e. The highest BCUT2D eigenvalue weighted by atomic mass is 28.4. The average molecular weight is 426 g/mol. The third kappa shape index (κ3) is 3.83. The van der Waals surface area contributed by atoms with Gasteiger partial charge in [0.25, 0.3) is 8.32 Å². The molecule has 4 aromatic carbocycles. The van der Waals surface area contributed by atoms with Gasteiger partial charge in [-0.1, -0.05) is 109 Å². The monoisotopic (exact) mass is 425 g/mol. The molecule has 0 saturated heterocycles. The number of aryl methyl sites for hydroxylation is 1. The van der Waals surface area contributed by atoms with Crippen LogP contribution in [0.5, 0.6) is 0 Å². The minimum Gasteiger partial charge on any atom is -0.421 e. The summed E-state index contributed by atoms with van der Waals surface area (Å²) in [6.07, 6.45) is 0. The summed E-state index contributed by atoms with van der Waals surface area (Å²) in [5.41, 5.74) is 2.27. The van der Waals surface area contributed by atoms with Crippen molar-refractivity contribution in [2.24, 2.45) is 0 Å². The Kier molecular flexibility index (Phi) is 6.11. The molecule has 4 aromatic rings. The Morgan fingerprint density at radius 3 is 1.47 bits per heavy atom. The lowest BCUT2D eigenvalue weighted by Crippen LogP contribution is -2.72. The van der Waals surface area contributed by atoms with Crippen LogP contribution in [0.3, 0.4) is 0 Å². The van der Waals surface area contributed by atoms with Crippen molar-refractivity contribution < 1.29 is 8.91 Å². The molecular weight excluding hydrogens is 400 g/mol. The third-order valence-electron chi connectivity index (χ3n) is 5.63. The summed E-state index contributed by atoms with van der Waals surface area (Å²) < 4.78 is 6.91. The SMILES string of the molecule is Cc1cccc([Si](O)O[Si](c2ccccc2)(c2ccccc2)c2ccccc2)c1C. The summed E-state index contributed by atoms with van der Waals surface area (Å²) in [6, 6.07) is 37.2. The van der Waals surface area contributed by atoms with Crippen LogP contribution in [-0.2, 0) is 4.12 Å². The van der Waals surface area contributed by atoms with Crippen LogP contribution >= 0.6 is 0 Å². The van der Waals surface area contributed by atoms with Crippen LogP contribution in [-0.4, -0.2) is 22.4 Å². The Bertz CT molecular complexity index is 1000. The first-order valence-corrected chi connectivity index (χ1v) is 13.4. The normalized spacial score (nSPS) is 11.6. The second-order valence-corrected chi connectivity index (χ2v) is 12.5. The van der Waals surface area contributed by atoms with Gasteiger partial charge in [-0.05, 0) is 45.7 Å². The van der Waals surface area contributed by atoms with Crippen molar-refractivity contribution in [3.05, 3.63) is 120 Å². The van der Waals surface area contributed by atoms with Crippen LogP contribution in [0.25, 0.3) is 0 Å². The molecule has 0 aliphatic carbocycles. The van der Waals surface area contributed by atoms with E-state index in [1.165, 1.54) is 5.56 Å². The van der Waals surface area contributed by atoms with Crippen LogP contribution in [0, 0.1) is 13.8 Å². The van der Waals surface area contributed by atoms with Gasteiger partial charge in [-0.2, -0.15) is 0 Å². The fraction of sp³-hybridized carbons (Fsp3) is 0.0769. The first-order chi connectivity index (χ1) is 14.6. The van der Waals surface area contributed by atoms with Crippen molar-refractivity contribution in [1.29, 1.82) is 0 Å². The van der Waals surface area contributed by atoms with Crippen molar-refractivity contribution in [2.45, 2.75) is 13.8 Å². The predicted octanol–water partition coefficient (Wildman–Crippen LogP) is 2.67. The van der Waals surface area contributed by atoms with Crippen LogP contribution in [0.4, 0.5) is 0 Å². The lowest BCUT2D eigenvalue weighted by atomic mass is 10.1. The molecule has 1 N–H and O–H groups in total. The molecule has 0 saturated carbocycles. The van der Waals surface area contributed by atoms with E-state index in [2.05, 4.69) is 56.3 Å². The quantitative estimate of drug-likeness (QED) is 0.380. The van der Waals surface area contributed by atoms with E-state index < -0.39 is 17.6 Å². The molecule has 0 bridgehead atoms. The fourth-order valence-corrected chi connectivity index (χ4v) is 10.6. The highest BCUT2D eigenvalue weighted by molar-refractivity contribution is 7.09. The van der Waals surface area contributed by atoms with Crippen molar-refractivity contribution in [3.63, 3.8) is 0 Å². The van der Waals surface area contributed by atoms with Gasteiger partial charge in [0, 0.05) is 0 Å². The molecule has 0 unspecified atom stereocenters. The molecule has 149 valence electrons. The summed E-state index contributed by atoms with van der Waals surface area (Å²) in [7, 11) is -5.17. The smallest absolute Gasteiger partial charge is 0.410 e. The first kappa shape index (κ1) is 20.5. The van der Waals surface area contributed by atoms with Gasteiger partial charge in [-0.15, -0.1) is 0 Å². The first-order valence-electron chi connectivity index (χ1n) is 10.1. The molecule has 4 rings (SSSR count). The number of hydrogen-bond acceptors (Lipinski definition) is 2. The van der Waals surface area contributed by atoms with Gasteiger partial charge in [0.2, 0.25) is 0 Å². The molecular formula is C26H25O2Si2. The summed E-state index contributed by atoms with van der Waals surface area (Å²) in [4.78, 5) is 11.5. The maximum atomic E-state index is 11.5. The van der Waals surface area contributed by atoms with Crippen molar-refractivity contribution >= 4 is 38.3 Å². The topological polar surface area (TPSA) is 29.5 Å². The Hall–Kier alpha value is -2.77. The second-order valence-electron chi connectivity index (χ2n) is 7.43. The second kappa shape index (κ2) is 8.94. The largest absolute Gasteiger partial charge is 0.421 e.